The van der Waals surface area contributed by atoms with E-state index in [1.54, 1.807) is 0 Å². The van der Waals surface area contributed by atoms with Crippen LogP contribution in [0.2, 0.25) is 0 Å². The molecule has 0 saturated carbocycles. The maximum atomic E-state index is 3.61. The quantitative estimate of drug-likeness (QED) is 0.356. The molecule has 3 heteroatoms. The summed E-state index contributed by atoms with van der Waals surface area (Å²) in [6, 6.07) is 0. The molecule has 0 aliphatic rings. The Labute approximate surface area is 70.4 Å². The SMILES string of the molecule is BN(CC=C)CC=C.[LiH]. The van der Waals surface area contributed by atoms with Crippen LogP contribution >= 0.6 is 0 Å². The summed E-state index contributed by atoms with van der Waals surface area (Å²) >= 11 is 0. The van der Waals surface area contributed by atoms with Crippen LogP contribution in [0.15, 0.2) is 25.3 Å². The molecule has 0 aromatic rings. The number of rotatable bonds is 4. The van der Waals surface area contributed by atoms with Gasteiger partial charge in [0.1, 0.15) is 0 Å². The van der Waals surface area contributed by atoms with Crippen molar-refractivity contribution in [3.05, 3.63) is 25.3 Å². The van der Waals surface area contributed by atoms with Gasteiger partial charge in [0.2, 0.25) is 0 Å². The second-order valence-corrected chi connectivity index (χ2v) is 1.80. The molecule has 0 saturated heterocycles. The van der Waals surface area contributed by atoms with Crippen molar-refractivity contribution in [2.24, 2.45) is 0 Å². The van der Waals surface area contributed by atoms with Gasteiger partial charge in [-0.05, 0) is 0 Å². The molecule has 0 heterocycles. The van der Waals surface area contributed by atoms with E-state index in [1.807, 2.05) is 20.1 Å². The topological polar surface area (TPSA) is 3.24 Å². The zero-order chi connectivity index (χ0) is 6.41. The van der Waals surface area contributed by atoms with Crippen LogP contribution in [0.25, 0.3) is 0 Å². The summed E-state index contributed by atoms with van der Waals surface area (Å²) in [5.41, 5.74) is 0. The van der Waals surface area contributed by atoms with E-state index in [9.17, 15) is 0 Å². The van der Waals surface area contributed by atoms with Gasteiger partial charge in [-0.1, -0.05) is 12.2 Å². The molecule has 0 unspecified atom stereocenters. The van der Waals surface area contributed by atoms with Crippen molar-refractivity contribution in [3.63, 3.8) is 0 Å². The fourth-order valence-electron chi connectivity index (χ4n) is 0.515. The monoisotopic (exact) mass is 117 g/mol. The first-order valence-corrected chi connectivity index (χ1v) is 2.71. The molecule has 0 spiro atoms. The Balaban J connectivity index is 0. The van der Waals surface area contributed by atoms with Gasteiger partial charge in [0.05, 0.1) is 0 Å². The van der Waals surface area contributed by atoms with Crippen molar-refractivity contribution < 1.29 is 0 Å². The second kappa shape index (κ2) is 8.10. The third-order valence-corrected chi connectivity index (χ3v) is 0.882. The van der Waals surface area contributed by atoms with E-state index in [2.05, 4.69) is 18.0 Å². The Bertz CT molecular complexity index is 75.1. The average Bonchev–Trinajstić information content (AvgIpc) is 1.68. The van der Waals surface area contributed by atoms with Gasteiger partial charge in [-0.25, -0.2) is 0 Å². The third kappa shape index (κ3) is 8.10. The van der Waals surface area contributed by atoms with Crippen molar-refractivity contribution in [2.75, 3.05) is 13.1 Å². The van der Waals surface area contributed by atoms with Crippen LogP contribution < -0.4 is 0 Å². The molecule has 0 aromatic carbocycles. The van der Waals surface area contributed by atoms with Gasteiger partial charge in [0.15, 0.2) is 7.98 Å². The van der Waals surface area contributed by atoms with Gasteiger partial charge in [-0.3, -0.25) is 0 Å². The summed E-state index contributed by atoms with van der Waals surface area (Å²) in [7, 11) is 2.03. The zero-order valence-electron chi connectivity index (χ0n) is 5.43. The molecule has 0 aromatic heterocycles. The molecular weight excluding hydrogens is 104 g/mol. The third-order valence-electron chi connectivity index (χ3n) is 0.882. The van der Waals surface area contributed by atoms with E-state index in [-0.39, 0.29) is 18.9 Å². The molecule has 46 valence electrons. The van der Waals surface area contributed by atoms with Gasteiger partial charge in [-0.2, -0.15) is 0 Å². The molecule has 0 amide bonds. The summed E-state index contributed by atoms with van der Waals surface area (Å²) in [6.07, 6.45) is 3.76. The van der Waals surface area contributed by atoms with Crippen molar-refractivity contribution >= 4 is 26.8 Å². The fraction of sp³-hybridized carbons (Fsp3) is 0.333. The molecular formula is C6H13BLiN. The van der Waals surface area contributed by atoms with Gasteiger partial charge in [0.25, 0.3) is 0 Å². The van der Waals surface area contributed by atoms with Crippen LogP contribution in [-0.4, -0.2) is 44.7 Å². The molecule has 0 aliphatic carbocycles. The van der Waals surface area contributed by atoms with Crippen molar-refractivity contribution in [3.8, 4) is 0 Å². The first-order valence-electron chi connectivity index (χ1n) is 2.71. The number of hydrogen-bond acceptors (Lipinski definition) is 1. The first-order chi connectivity index (χ1) is 3.81. The van der Waals surface area contributed by atoms with Crippen LogP contribution in [0.5, 0.6) is 0 Å². The number of nitrogens with zero attached hydrogens (tertiary/aromatic N) is 1. The summed E-state index contributed by atoms with van der Waals surface area (Å²) in [5.74, 6) is 0. The van der Waals surface area contributed by atoms with E-state index in [0.29, 0.717) is 0 Å². The zero-order valence-corrected chi connectivity index (χ0v) is 5.43. The predicted octanol–water partition coefficient (Wildman–Crippen LogP) is -0.440. The normalized spacial score (nSPS) is 8.11. The summed E-state index contributed by atoms with van der Waals surface area (Å²) in [6.45, 7) is 9.09. The summed E-state index contributed by atoms with van der Waals surface area (Å²) in [5, 5.41) is 0. The summed E-state index contributed by atoms with van der Waals surface area (Å²) < 4.78 is 0. The van der Waals surface area contributed by atoms with Crippen molar-refractivity contribution in [1.82, 2.24) is 4.81 Å². The van der Waals surface area contributed by atoms with Gasteiger partial charge in [-0.15, -0.1) is 13.2 Å². The first kappa shape index (κ1) is 11.8. The Morgan fingerprint density at radius 1 is 1.22 bits per heavy atom. The van der Waals surface area contributed by atoms with Crippen LogP contribution in [0.3, 0.4) is 0 Å². The Hall–Kier alpha value is 0.102. The van der Waals surface area contributed by atoms with E-state index in [0.717, 1.165) is 13.1 Å². The van der Waals surface area contributed by atoms with E-state index >= 15 is 0 Å². The van der Waals surface area contributed by atoms with Crippen LogP contribution in [0.4, 0.5) is 0 Å². The summed E-state index contributed by atoms with van der Waals surface area (Å²) in [4.78, 5) is 2.12. The standard InChI is InChI=1S/C6H12BN.Li.H/c1-3-5-8(7)6-4-2;;/h3-4H,1-2,5-7H2;;. The van der Waals surface area contributed by atoms with Crippen LogP contribution in [0, 0.1) is 0 Å². The Morgan fingerprint density at radius 3 is 1.78 bits per heavy atom. The molecule has 1 nitrogen and oxygen atoms in total. The Kier molecular flexibility index (Phi) is 10.7. The molecule has 0 radical (unpaired) electrons. The molecule has 9 heavy (non-hydrogen) atoms. The minimum atomic E-state index is 0. The molecule has 0 fully saturated rings. The predicted molar refractivity (Wildman–Crippen MR) is 47.7 cm³/mol. The van der Waals surface area contributed by atoms with E-state index < -0.39 is 0 Å². The van der Waals surface area contributed by atoms with Crippen molar-refractivity contribution in [1.29, 1.82) is 0 Å². The molecule has 0 atom stereocenters. The molecule has 0 N–H and O–H groups in total. The molecule has 0 bridgehead atoms. The van der Waals surface area contributed by atoms with Gasteiger partial charge >= 0.3 is 18.9 Å². The number of hydrogen-bond donors (Lipinski definition) is 0. The fourth-order valence-corrected chi connectivity index (χ4v) is 0.515. The average molecular weight is 117 g/mol. The van der Waals surface area contributed by atoms with Gasteiger partial charge < -0.3 is 4.81 Å². The van der Waals surface area contributed by atoms with Crippen LogP contribution in [0.1, 0.15) is 0 Å². The van der Waals surface area contributed by atoms with E-state index in [4.69, 9.17) is 0 Å². The van der Waals surface area contributed by atoms with Gasteiger partial charge in [0, 0.05) is 13.1 Å². The second-order valence-electron chi connectivity index (χ2n) is 1.80. The maximum absolute atomic E-state index is 3.61. The van der Waals surface area contributed by atoms with Crippen molar-refractivity contribution in [2.45, 2.75) is 0 Å². The van der Waals surface area contributed by atoms with Crippen LogP contribution in [-0.2, 0) is 0 Å². The molecule has 0 aliphatic heterocycles. The minimum absolute atomic E-state index is 0. The molecule has 0 rings (SSSR count). The Morgan fingerprint density at radius 2 is 1.56 bits per heavy atom. The van der Waals surface area contributed by atoms with E-state index in [1.165, 1.54) is 0 Å².